The lowest BCUT2D eigenvalue weighted by molar-refractivity contribution is 0.102. The fourth-order valence-corrected chi connectivity index (χ4v) is 2.61. The predicted octanol–water partition coefficient (Wildman–Crippen LogP) is 4.57. The van der Waals surface area contributed by atoms with Gasteiger partial charge in [0.15, 0.2) is 0 Å². The molecule has 2 aromatic rings. The molecule has 1 heterocycles. The van der Waals surface area contributed by atoms with E-state index in [1.807, 2.05) is 6.07 Å². The zero-order chi connectivity index (χ0) is 18.4. The first kappa shape index (κ1) is 18.6. The maximum absolute atomic E-state index is 12.7. The molecule has 0 radical (unpaired) electrons. The van der Waals surface area contributed by atoms with Crippen molar-refractivity contribution in [1.29, 1.82) is 0 Å². The van der Waals surface area contributed by atoms with Crippen LogP contribution in [0.1, 0.15) is 61.1 Å². The first-order chi connectivity index (χ1) is 11.9. The van der Waals surface area contributed by atoms with E-state index in [9.17, 15) is 4.79 Å². The zero-order valence-corrected chi connectivity index (χ0v) is 15.3. The molecule has 5 heteroatoms. The second-order valence-corrected chi connectivity index (χ2v) is 6.51. The summed E-state index contributed by atoms with van der Waals surface area (Å²) in [4.78, 5) is 21.1. The largest absolute Gasteiger partial charge is 0.351 e. The Hall–Kier alpha value is -2.69. The number of benzene rings is 1. The second kappa shape index (κ2) is 8.42. The standard InChI is InChI=1S/C20H26N4O/c1-6-11-21-20-22-12-10-17(23-20)19(25)24-18-15(13(2)3)8-7-9-16(18)14(4)5/h6-10,12-14H,1,11H2,2-5H3,(H,24,25)(H,21,22,23). The molecule has 2 rings (SSSR count). The minimum Gasteiger partial charge on any atom is -0.351 e. The van der Waals surface area contributed by atoms with Crippen LogP contribution in [0.4, 0.5) is 11.6 Å². The van der Waals surface area contributed by atoms with Crippen molar-refractivity contribution in [1.82, 2.24) is 9.97 Å². The van der Waals surface area contributed by atoms with Crippen molar-refractivity contribution in [2.24, 2.45) is 0 Å². The van der Waals surface area contributed by atoms with Gasteiger partial charge in [0.1, 0.15) is 5.69 Å². The molecule has 2 N–H and O–H groups in total. The molecule has 1 amide bonds. The van der Waals surface area contributed by atoms with Crippen LogP contribution in [0, 0.1) is 0 Å². The molecule has 0 saturated carbocycles. The Morgan fingerprint density at radius 2 is 1.80 bits per heavy atom. The van der Waals surface area contributed by atoms with E-state index in [1.54, 1.807) is 18.3 Å². The molecule has 132 valence electrons. The molecule has 1 aromatic heterocycles. The van der Waals surface area contributed by atoms with Crippen LogP contribution in [-0.4, -0.2) is 22.4 Å². The summed E-state index contributed by atoms with van der Waals surface area (Å²) in [5.74, 6) is 0.793. The van der Waals surface area contributed by atoms with E-state index in [4.69, 9.17) is 0 Å². The van der Waals surface area contributed by atoms with E-state index in [0.29, 0.717) is 30.0 Å². The number of anilines is 2. The number of carbonyl (C=O) groups is 1. The summed E-state index contributed by atoms with van der Waals surface area (Å²) in [6.45, 7) is 12.7. The minimum absolute atomic E-state index is 0.237. The van der Waals surface area contributed by atoms with Crippen molar-refractivity contribution in [3.05, 3.63) is 59.9 Å². The van der Waals surface area contributed by atoms with E-state index < -0.39 is 0 Å². The quantitative estimate of drug-likeness (QED) is 0.726. The predicted molar refractivity (Wildman–Crippen MR) is 103 cm³/mol. The summed E-state index contributed by atoms with van der Waals surface area (Å²) in [5, 5.41) is 6.06. The van der Waals surface area contributed by atoms with Gasteiger partial charge < -0.3 is 10.6 Å². The van der Waals surface area contributed by atoms with Crippen molar-refractivity contribution >= 4 is 17.5 Å². The molecule has 0 fully saturated rings. The van der Waals surface area contributed by atoms with Gasteiger partial charge in [0.25, 0.3) is 5.91 Å². The lowest BCUT2D eigenvalue weighted by Gasteiger charge is -2.20. The summed E-state index contributed by atoms with van der Waals surface area (Å²) >= 11 is 0. The normalized spacial score (nSPS) is 10.8. The number of carbonyl (C=O) groups excluding carboxylic acids is 1. The molecular formula is C20H26N4O. The third kappa shape index (κ3) is 4.66. The molecule has 0 saturated heterocycles. The van der Waals surface area contributed by atoms with Gasteiger partial charge in [-0.2, -0.15) is 0 Å². The Kier molecular flexibility index (Phi) is 6.28. The Morgan fingerprint density at radius 3 is 2.36 bits per heavy atom. The summed E-state index contributed by atoms with van der Waals surface area (Å²) in [6.07, 6.45) is 3.29. The minimum atomic E-state index is -0.237. The van der Waals surface area contributed by atoms with E-state index in [0.717, 1.165) is 16.8 Å². The SMILES string of the molecule is C=CCNc1nccc(C(=O)Nc2c(C(C)C)cccc2C(C)C)n1. The van der Waals surface area contributed by atoms with Gasteiger partial charge in [0, 0.05) is 18.4 Å². The van der Waals surface area contributed by atoms with Crippen molar-refractivity contribution in [2.45, 2.75) is 39.5 Å². The zero-order valence-electron chi connectivity index (χ0n) is 15.3. The molecule has 5 nitrogen and oxygen atoms in total. The van der Waals surface area contributed by atoms with Gasteiger partial charge in [-0.3, -0.25) is 4.79 Å². The number of nitrogens with zero attached hydrogens (tertiary/aromatic N) is 2. The van der Waals surface area contributed by atoms with Crippen LogP contribution < -0.4 is 10.6 Å². The van der Waals surface area contributed by atoms with Crippen molar-refractivity contribution in [3.8, 4) is 0 Å². The molecular weight excluding hydrogens is 312 g/mol. The molecule has 0 aliphatic rings. The fourth-order valence-electron chi connectivity index (χ4n) is 2.61. The average Bonchev–Trinajstić information content (AvgIpc) is 2.59. The third-order valence-electron chi connectivity index (χ3n) is 3.90. The smallest absolute Gasteiger partial charge is 0.274 e. The van der Waals surface area contributed by atoms with Gasteiger partial charge in [-0.15, -0.1) is 6.58 Å². The molecule has 0 aliphatic carbocycles. The first-order valence-corrected chi connectivity index (χ1v) is 8.56. The lowest BCUT2D eigenvalue weighted by atomic mass is 9.92. The number of amides is 1. The second-order valence-electron chi connectivity index (χ2n) is 6.51. The number of nitrogens with one attached hydrogen (secondary N) is 2. The van der Waals surface area contributed by atoms with Crippen LogP contribution in [0.15, 0.2) is 43.1 Å². The highest BCUT2D eigenvalue weighted by Gasteiger charge is 2.17. The Bertz CT molecular complexity index is 727. The third-order valence-corrected chi connectivity index (χ3v) is 3.90. The topological polar surface area (TPSA) is 66.9 Å². The van der Waals surface area contributed by atoms with Crippen molar-refractivity contribution < 1.29 is 4.79 Å². The highest BCUT2D eigenvalue weighted by molar-refractivity contribution is 6.04. The number of rotatable bonds is 7. The number of para-hydroxylation sites is 1. The molecule has 0 aliphatic heterocycles. The fraction of sp³-hybridized carbons (Fsp3) is 0.350. The van der Waals surface area contributed by atoms with Crippen LogP contribution in [-0.2, 0) is 0 Å². The van der Waals surface area contributed by atoms with Gasteiger partial charge in [0.2, 0.25) is 5.95 Å². The summed E-state index contributed by atoms with van der Waals surface area (Å²) in [5.41, 5.74) is 3.46. The van der Waals surface area contributed by atoms with Crippen LogP contribution in [0.5, 0.6) is 0 Å². The summed E-state index contributed by atoms with van der Waals surface area (Å²) in [7, 11) is 0. The number of aromatic nitrogens is 2. The Balaban J connectivity index is 2.33. The highest BCUT2D eigenvalue weighted by atomic mass is 16.1. The highest BCUT2D eigenvalue weighted by Crippen LogP contribution is 2.32. The monoisotopic (exact) mass is 338 g/mol. The Morgan fingerprint density at radius 1 is 1.16 bits per heavy atom. The maximum Gasteiger partial charge on any atom is 0.274 e. The van der Waals surface area contributed by atoms with E-state index >= 15 is 0 Å². The molecule has 0 atom stereocenters. The van der Waals surface area contributed by atoms with Gasteiger partial charge in [-0.05, 0) is 29.0 Å². The first-order valence-electron chi connectivity index (χ1n) is 8.56. The number of hydrogen-bond acceptors (Lipinski definition) is 4. The van der Waals surface area contributed by atoms with Crippen LogP contribution in [0.3, 0.4) is 0 Å². The Labute approximate surface area is 149 Å². The van der Waals surface area contributed by atoms with Crippen molar-refractivity contribution in [2.75, 3.05) is 17.2 Å². The van der Waals surface area contributed by atoms with E-state index in [1.165, 1.54) is 0 Å². The average molecular weight is 338 g/mol. The van der Waals surface area contributed by atoms with Crippen molar-refractivity contribution in [3.63, 3.8) is 0 Å². The maximum atomic E-state index is 12.7. The van der Waals surface area contributed by atoms with Gasteiger partial charge >= 0.3 is 0 Å². The van der Waals surface area contributed by atoms with Crippen LogP contribution in [0.2, 0.25) is 0 Å². The molecule has 0 bridgehead atoms. The summed E-state index contributed by atoms with van der Waals surface area (Å²) < 4.78 is 0. The van der Waals surface area contributed by atoms with Gasteiger partial charge in [-0.1, -0.05) is 52.0 Å². The number of hydrogen-bond donors (Lipinski definition) is 2. The lowest BCUT2D eigenvalue weighted by Crippen LogP contribution is -2.18. The molecule has 25 heavy (non-hydrogen) atoms. The molecule has 0 spiro atoms. The van der Waals surface area contributed by atoms with Crippen LogP contribution in [0.25, 0.3) is 0 Å². The molecule has 0 unspecified atom stereocenters. The molecule has 1 aromatic carbocycles. The van der Waals surface area contributed by atoms with E-state index in [-0.39, 0.29) is 5.91 Å². The van der Waals surface area contributed by atoms with Gasteiger partial charge in [0.05, 0.1) is 0 Å². The summed E-state index contributed by atoms with van der Waals surface area (Å²) in [6, 6.07) is 7.77. The van der Waals surface area contributed by atoms with E-state index in [2.05, 4.69) is 67.0 Å². The van der Waals surface area contributed by atoms with Gasteiger partial charge in [-0.25, -0.2) is 9.97 Å². The van der Waals surface area contributed by atoms with Crippen LogP contribution >= 0.6 is 0 Å².